The Morgan fingerprint density at radius 1 is 0.683 bits per heavy atom. The first-order valence-electron chi connectivity index (χ1n) is 12.6. The van der Waals surface area contributed by atoms with E-state index in [1.165, 1.54) is 30.3 Å². The molecule has 0 aliphatic carbocycles. The number of rotatable bonds is 9. The number of aromatic hydroxyl groups is 1. The molecule has 2 aliphatic rings. The Kier molecular flexibility index (Phi) is 9.98. The largest absolute Gasteiger partial charge is 0.507 e. The Hall–Kier alpha value is -3.09. The van der Waals surface area contributed by atoms with E-state index < -0.39 is 98.5 Å². The topological polar surface area (TPSA) is 245 Å². The Morgan fingerprint density at radius 3 is 1.76 bits per heavy atom. The van der Waals surface area contributed by atoms with Crippen LogP contribution in [-0.2, 0) is 20.8 Å². The lowest BCUT2D eigenvalue weighted by molar-refractivity contribution is -0.277. The number of esters is 1. The molecule has 0 amide bonds. The van der Waals surface area contributed by atoms with Crippen LogP contribution in [0.5, 0.6) is 17.2 Å². The van der Waals surface area contributed by atoms with Crippen molar-refractivity contribution in [3.63, 3.8) is 0 Å². The van der Waals surface area contributed by atoms with Crippen molar-refractivity contribution in [3.8, 4) is 17.2 Å². The molecule has 2 heterocycles. The molecule has 10 atom stereocenters. The predicted octanol–water partition coefficient (Wildman–Crippen LogP) is -2.89. The first-order valence-corrected chi connectivity index (χ1v) is 12.6. The average Bonchev–Trinajstić information content (AvgIpc) is 2.97. The van der Waals surface area contributed by atoms with Gasteiger partial charge in [-0.1, -0.05) is 24.3 Å². The number of aliphatic hydroxyl groups excluding tert-OH is 8. The highest BCUT2D eigenvalue weighted by atomic mass is 16.7. The highest BCUT2D eigenvalue weighted by Crippen LogP contribution is 2.33. The van der Waals surface area contributed by atoms with Gasteiger partial charge in [0.05, 0.1) is 13.2 Å². The number of aliphatic hydroxyl groups is 8. The number of hydrogen-bond acceptors (Lipinski definition) is 15. The van der Waals surface area contributed by atoms with Crippen LogP contribution < -0.4 is 9.47 Å². The molecule has 9 N–H and O–H groups in total. The van der Waals surface area contributed by atoms with E-state index in [-0.39, 0.29) is 17.1 Å². The van der Waals surface area contributed by atoms with Crippen LogP contribution in [0.25, 0.3) is 0 Å². The van der Waals surface area contributed by atoms with Gasteiger partial charge in [0.2, 0.25) is 12.6 Å². The molecule has 0 bridgehead atoms. The zero-order valence-corrected chi connectivity index (χ0v) is 21.4. The van der Waals surface area contributed by atoms with Gasteiger partial charge < -0.3 is 69.6 Å². The number of carbonyl (C=O) groups excluding carboxylic acids is 1. The van der Waals surface area contributed by atoms with Crippen LogP contribution >= 0.6 is 0 Å². The molecule has 4 rings (SSSR count). The van der Waals surface area contributed by atoms with Crippen molar-refractivity contribution >= 4 is 5.97 Å². The molecule has 2 aromatic carbocycles. The van der Waals surface area contributed by atoms with E-state index in [1.807, 2.05) is 0 Å². The molecule has 226 valence electrons. The maximum absolute atomic E-state index is 13.0. The zero-order valence-electron chi connectivity index (χ0n) is 21.4. The van der Waals surface area contributed by atoms with Crippen LogP contribution in [0.1, 0.15) is 15.9 Å². The molecule has 2 aromatic rings. The second-order valence-corrected chi connectivity index (χ2v) is 9.46. The molecule has 2 fully saturated rings. The van der Waals surface area contributed by atoms with Crippen molar-refractivity contribution in [1.82, 2.24) is 0 Å². The van der Waals surface area contributed by atoms with Crippen molar-refractivity contribution < 1.29 is 74.4 Å². The summed E-state index contributed by atoms with van der Waals surface area (Å²) < 4.78 is 27.2. The minimum Gasteiger partial charge on any atom is -0.507 e. The minimum atomic E-state index is -1.77. The van der Waals surface area contributed by atoms with Gasteiger partial charge >= 0.3 is 5.97 Å². The molecule has 0 aromatic heterocycles. The molecule has 15 nitrogen and oxygen atoms in total. The Balaban J connectivity index is 1.48. The number of phenolic OH excluding ortho intramolecular Hbond substituents is 1. The van der Waals surface area contributed by atoms with Crippen LogP contribution in [0.15, 0.2) is 42.5 Å². The van der Waals surface area contributed by atoms with Crippen LogP contribution in [0.4, 0.5) is 0 Å². The van der Waals surface area contributed by atoms with Crippen molar-refractivity contribution in [3.05, 3.63) is 53.6 Å². The molecule has 2 aliphatic heterocycles. The van der Waals surface area contributed by atoms with Crippen LogP contribution in [0.3, 0.4) is 0 Å². The van der Waals surface area contributed by atoms with Gasteiger partial charge in [-0.25, -0.2) is 4.79 Å². The van der Waals surface area contributed by atoms with Gasteiger partial charge in [-0.15, -0.1) is 0 Å². The van der Waals surface area contributed by atoms with E-state index in [2.05, 4.69) is 0 Å². The first-order chi connectivity index (χ1) is 19.6. The third-order valence-electron chi connectivity index (χ3n) is 6.72. The van der Waals surface area contributed by atoms with Gasteiger partial charge in [-0.05, 0) is 18.2 Å². The standard InChI is InChI=1S/C26H32O15/c27-8-15-18(30)20(32)22(34)25(40-15)38-13-6-2-1-4-11(13)10-37-24(36)17-12(29)5-3-7-14(17)39-26-23(35)21(33)19(31)16(9-28)41-26/h1-7,15-16,18-23,25-35H,8-10H2/t15-,16-,18-,19-,20+,21+,22-,23-,25+,26+/m1/s1. The van der Waals surface area contributed by atoms with Crippen LogP contribution in [-0.4, -0.2) is 127 Å². The maximum atomic E-state index is 13.0. The van der Waals surface area contributed by atoms with Gasteiger partial charge in [0.15, 0.2) is 0 Å². The number of para-hydroxylation sites is 1. The normalized spacial score (nSPS) is 33.7. The summed E-state index contributed by atoms with van der Waals surface area (Å²) in [7, 11) is 0. The fraction of sp³-hybridized carbons (Fsp3) is 0.500. The molecule has 2 saturated heterocycles. The average molecular weight is 585 g/mol. The number of benzene rings is 2. The van der Waals surface area contributed by atoms with E-state index in [1.54, 1.807) is 12.1 Å². The zero-order chi connectivity index (χ0) is 29.8. The molecular weight excluding hydrogens is 552 g/mol. The number of carbonyl (C=O) groups is 1. The maximum Gasteiger partial charge on any atom is 0.346 e. The van der Waals surface area contributed by atoms with Gasteiger partial charge in [0, 0.05) is 5.56 Å². The Morgan fingerprint density at radius 2 is 1.20 bits per heavy atom. The Bertz CT molecular complexity index is 1170. The lowest BCUT2D eigenvalue weighted by Gasteiger charge is -2.39. The quantitative estimate of drug-likeness (QED) is 0.134. The summed E-state index contributed by atoms with van der Waals surface area (Å²) in [5.41, 5.74) is -0.193. The van der Waals surface area contributed by atoms with Crippen molar-refractivity contribution in [1.29, 1.82) is 0 Å². The monoisotopic (exact) mass is 584 g/mol. The van der Waals surface area contributed by atoms with Crippen molar-refractivity contribution in [2.75, 3.05) is 13.2 Å². The molecule has 0 saturated carbocycles. The van der Waals surface area contributed by atoms with E-state index in [4.69, 9.17) is 23.7 Å². The summed E-state index contributed by atoms with van der Waals surface area (Å²) in [6.07, 6.45) is -15.7. The summed E-state index contributed by atoms with van der Waals surface area (Å²) >= 11 is 0. The van der Waals surface area contributed by atoms with E-state index in [0.717, 1.165) is 0 Å². The minimum absolute atomic E-state index is 0.0692. The summed E-state index contributed by atoms with van der Waals surface area (Å²) in [4.78, 5) is 13.0. The number of phenols is 1. The molecule has 0 spiro atoms. The summed E-state index contributed by atoms with van der Waals surface area (Å²) in [5, 5.41) is 89.7. The Labute approximate surface area is 232 Å². The highest BCUT2D eigenvalue weighted by molar-refractivity contribution is 5.95. The predicted molar refractivity (Wildman–Crippen MR) is 132 cm³/mol. The molecule has 0 radical (unpaired) electrons. The van der Waals surface area contributed by atoms with Crippen LogP contribution in [0, 0.1) is 0 Å². The van der Waals surface area contributed by atoms with Gasteiger partial charge in [0.1, 0.15) is 78.3 Å². The SMILES string of the molecule is O=C(OCc1ccccc1O[C@H]1O[C@H](CO)[C@@H](O)[C@H](O)[C@H]1O)c1c(O)cccc1O[C@H]1O[C@H](CO)[C@@H](O)[C@H](O)[C@H]1O. The lowest BCUT2D eigenvalue weighted by Crippen LogP contribution is -2.60. The smallest absolute Gasteiger partial charge is 0.346 e. The number of ether oxygens (including phenoxy) is 5. The van der Waals surface area contributed by atoms with Gasteiger partial charge in [0.25, 0.3) is 0 Å². The van der Waals surface area contributed by atoms with E-state index in [0.29, 0.717) is 0 Å². The van der Waals surface area contributed by atoms with Gasteiger partial charge in [-0.3, -0.25) is 0 Å². The van der Waals surface area contributed by atoms with E-state index >= 15 is 0 Å². The third-order valence-corrected chi connectivity index (χ3v) is 6.72. The fourth-order valence-corrected chi connectivity index (χ4v) is 4.36. The summed E-state index contributed by atoms with van der Waals surface area (Å²) in [5.74, 6) is -1.86. The van der Waals surface area contributed by atoms with Crippen molar-refractivity contribution in [2.45, 2.75) is 68.0 Å². The molecule has 15 heteroatoms. The summed E-state index contributed by atoms with van der Waals surface area (Å²) in [6, 6.07) is 9.90. The first kappa shape index (κ1) is 30.9. The van der Waals surface area contributed by atoms with Crippen LogP contribution in [0.2, 0.25) is 0 Å². The fourth-order valence-electron chi connectivity index (χ4n) is 4.36. The molecular formula is C26H32O15. The van der Waals surface area contributed by atoms with Gasteiger partial charge in [-0.2, -0.15) is 0 Å². The van der Waals surface area contributed by atoms with Crippen molar-refractivity contribution in [2.24, 2.45) is 0 Å². The molecule has 41 heavy (non-hydrogen) atoms. The third kappa shape index (κ3) is 6.54. The second-order valence-electron chi connectivity index (χ2n) is 9.46. The summed E-state index contributed by atoms with van der Waals surface area (Å²) in [6.45, 7) is -1.79. The highest BCUT2D eigenvalue weighted by Gasteiger charge is 2.46. The molecule has 0 unspecified atom stereocenters. The number of hydrogen-bond donors (Lipinski definition) is 9. The second kappa shape index (κ2) is 13.3. The lowest BCUT2D eigenvalue weighted by atomic mass is 9.99. The van der Waals surface area contributed by atoms with E-state index in [9.17, 15) is 50.8 Å².